The maximum atomic E-state index is 11.8. The Hall–Kier alpha value is -1.30. The van der Waals surface area contributed by atoms with E-state index >= 15 is 0 Å². The highest BCUT2D eigenvalue weighted by atomic mass is 16.2. The van der Waals surface area contributed by atoms with Gasteiger partial charge in [-0.15, -0.1) is 0 Å². The molecule has 1 heterocycles. The van der Waals surface area contributed by atoms with Crippen LogP contribution in [0.3, 0.4) is 0 Å². The number of nitrogens with zero attached hydrogens (tertiary/aromatic N) is 3. The summed E-state index contributed by atoms with van der Waals surface area (Å²) in [6.07, 6.45) is 0.951. The molecule has 0 radical (unpaired) electrons. The molecule has 104 valence electrons. The van der Waals surface area contributed by atoms with Crippen molar-refractivity contribution in [1.82, 2.24) is 20.0 Å². The summed E-state index contributed by atoms with van der Waals surface area (Å²) < 4.78 is 0. The molecule has 0 bridgehead atoms. The Morgan fingerprint density at radius 2 is 1.67 bits per heavy atom. The highest BCUT2D eigenvalue weighted by Crippen LogP contribution is 2.02. The molecule has 0 aliphatic carbocycles. The largest absolute Gasteiger partial charge is 0.339 e. The molecular weight excluding hydrogens is 232 g/mol. The van der Waals surface area contributed by atoms with Crippen LogP contribution in [0.4, 0.5) is 4.79 Å². The van der Waals surface area contributed by atoms with Crippen molar-refractivity contribution in [3.63, 3.8) is 0 Å². The van der Waals surface area contributed by atoms with Crippen molar-refractivity contribution < 1.29 is 9.59 Å². The number of urea groups is 1. The van der Waals surface area contributed by atoms with Crippen LogP contribution in [-0.4, -0.2) is 80.0 Å². The highest BCUT2D eigenvalue weighted by molar-refractivity contribution is 5.76. The molecule has 6 heteroatoms. The van der Waals surface area contributed by atoms with E-state index in [2.05, 4.69) is 10.2 Å². The first kappa shape index (κ1) is 14.8. The quantitative estimate of drug-likeness (QED) is 0.710. The van der Waals surface area contributed by atoms with Crippen molar-refractivity contribution in [3.8, 4) is 0 Å². The Morgan fingerprint density at radius 1 is 1.11 bits per heavy atom. The van der Waals surface area contributed by atoms with Crippen molar-refractivity contribution >= 4 is 11.9 Å². The number of carbonyl (C=O) groups is 2. The second-order valence-electron chi connectivity index (χ2n) is 4.88. The number of rotatable bonds is 4. The zero-order chi connectivity index (χ0) is 13.5. The minimum absolute atomic E-state index is 0.0167. The van der Waals surface area contributed by atoms with E-state index in [-0.39, 0.29) is 11.9 Å². The number of amides is 3. The molecule has 1 saturated heterocycles. The predicted octanol–water partition coefficient (Wildman–Crippen LogP) is -0.188. The van der Waals surface area contributed by atoms with E-state index in [4.69, 9.17) is 0 Å². The standard InChI is InChI=1S/C12H24N4O2/c1-11(17)15-7-9-16(10-8-15)12(18)13-5-4-6-14(2)3/h4-10H2,1-3H3,(H,13,18). The molecule has 1 aliphatic heterocycles. The van der Waals surface area contributed by atoms with Crippen LogP contribution in [0.5, 0.6) is 0 Å². The number of hydrogen-bond donors (Lipinski definition) is 1. The minimum atomic E-state index is -0.0167. The first-order valence-corrected chi connectivity index (χ1v) is 6.43. The molecule has 1 aliphatic rings. The van der Waals surface area contributed by atoms with Gasteiger partial charge in [0.1, 0.15) is 0 Å². The van der Waals surface area contributed by atoms with Gasteiger partial charge in [-0.25, -0.2) is 4.79 Å². The lowest BCUT2D eigenvalue weighted by Crippen LogP contribution is -2.52. The van der Waals surface area contributed by atoms with Crippen molar-refractivity contribution in [3.05, 3.63) is 0 Å². The molecule has 0 unspecified atom stereocenters. The highest BCUT2D eigenvalue weighted by Gasteiger charge is 2.21. The van der Waals surface area contributed by atoms with E-state index in [9.17, 15) is 9.59 Å². The van der Waals surface area contributed by atoms with Gasteiger partial charge in [0.05, 0.1) is 0 Å². The van der Waals surface area contributed by atoms with Gasteiger partial charge in [0.25, 0.3) is 0 Å². The summed E-state index contributed by atoms with van der Waals surface area (Å²) in [6.45, 7) is 5.76. The van der Waals surface area contributed by atoms with Crippen LogP contribution in [-0.2, 0) is 4.79 Å². The summed E-state index contributed by atoms with van der Waals surface area (Å²) >= 11 is 0. The van der Waals surface area contributed by atoms with E-state index < -0.39 is 0 Å². The predicted molar refractivity (Wildman–Crippen MR) is 70.4 cm³/mol. The zero-order valence-corrected chi connectivity index (χ0v) is 11.6. The molecule has 1 fully saturated rings. The number of piperazine rings is 1. The van der Waals surface area contributed by atoms with E-state index in [1.54, 1.807) is 16.7 Å². The van der Waals surface area contributed by atoms with Crippen molar-refractivity contribution in [2.24, 2.45) is 0 Å². The summed E-state index contributed by atoms with van der Waals surface area (Å²) in [7, 11) is 4.03. The Kier molecular flexibility index (Phi) is 5.91. The van der Waals surface area contributed by atoms with Crippen LogP contribution in [0.1, 0.15) is 13.3 Å². The third-order valence-corrected chi connectivity index (χ3v) is 3.07. The van der Waals surface area contributed by atoms with Gasteiger partial charge in [-0.1, -0.05) is 0 Å². The second-order valence-corrected chi connectivity index (χ2v) is 4.88. The van der Waals surface area contributed by atoms with E-state index in [1.165, 1.54) is 0 Å². The van der Waals surface area contributed by atoms with E-state index in [1.807, 2.05) is 14.1 Å². The molecule has 1 N–H and O–H groups in total. The molecule has 18 heavy (non-hydrogen) atoms. The maximum Gasteiger partial charge on any atom is 0.317 e. The Bertz CT molecular complexity index is 286. The fourth-order valence-corrected chi connectivity index (χ4v) is 1.93. The number of nitrogens with one attached hydrogen (secondary N) is 1. The number of hydrogen-bond acceptors (Lipinski definition) is 3. The van der Waals surface area contributed by atoms with Gasteiger partial charge in [-0.2, -0.15) is 0 Å². The Labute approximate surface area is 109 Å². The first-order chi connectivity index (χ1) is 8.50. The van der Waals surface area contributed by atoms with Crippen molar-refractivity contribution in [1.29, 1.82) is 0 Å². The summed E-state index contributed by atoms with van der Waals surface area (Å²) in [6, 6.07) is -0.0167. The van der Waals surface area contributed by atoms with E-state index in [0.29, 0.717) is 32.7 Å². The van der Waals surface area contributed by atoms with Gasteiger partial charge < -0.3 is 20.0 Å². The molecule has 0 atom stereocenters. The average Bonchev–Trinajstić information content (AvgIpc) is 2.34. The first-order valence-electron chi connectivity index (χ1n) is 6.43. The average molecular weight is 256 g/mol. The lowest BCUT2D eigenvalue weighted by Gasteiger charge is -2.34. The van der Waals surface area contributed by atoms with Crippen molar-refractivity contribution in [2.75, 3.05) is 53.4 Å². The smallest absolute Gasteiger partial charge is 0.317 e. The van der Waals surface area contributed by atoms with Crippen LogP contribution in [0.2, 0.25) is 0 Å². The van der Waals surface area contributed by atoms with Crippen LogP contribution < -0.4 is 5.32 Å². The van der Waals surface area contributed by atoms with Gasteiger partial charge in [0.15, 0.2) is 0 Å². The SMILES string of the molecule is CC(=O)N1CCN(C(=O)NCCCN(C)C)CC1. The van der Waals surface area contributed by atoms with E-state index in [0.717, 1.165) is 13.0 Å². The van der Waals surface area contributed by atoms with Gasteiger partial charge >= 0.3 is 6.03 Å². The molecule has 0 aromatic rings. The maximum absolute atomic E-state index is 11.8. The Morgan fingerprint density at radius 3 is 2.17 bits per heavy atom. The van der Waals surface area contributed by atoms with Crippen LogP contribution >= 0.6 is 0 Å². The fourth-order valence-electron chi connectivity index (χ4n) is 1.93. The van der Waals surface area contributed by atoms with Gasteiger partial charge in [-0.05, 0) is 27.1 Å². The zero-order valence-electron chi connectivity index (χ0n) is 11.6. The van der Waals surface area contributed by atoms with Gasteiger partial charge in [0.2, 0.25) is 5.91 Å². The molecule has 0 aromatic carbocycles. The minimum Gasteiger partial charge on any atom is -0.339 e. The van der Waals surface area contributed by atoms with Gasteiger partial charge in [-0.3, -0.25) is 4.79 Å². The van der Waals surface area contributed by atoms with Crippen LogP contribution in [0.25, 0.3) is 0 Å². The molecule has 1 rings (SSSR count). The third-order valence-electron chi connectivity index (χ3n) is 3.07. The van der Waals surface area contributed by atoms with Gasteiger partial charge in [0, 0.05) is 39.6 Å². The van der Waals surface area contributed by atoms with Crippen LogP contribution in [0.15, 0.2) is 0 Å². The summed E-state index contributed by atoms with van der Waals surface area (Å²) in [5.41, 5.74) is 0. The van der Waals surface area contributed by atoms with Crippen molar-refractivity contribution in [2.45, 2.75) is 13.3 Å². The normalized spacial score (nSPS) is 16.0. The summed E-state index contributed by atoms with van der Waals surface area (Å²) in [5.74, 6) is 0.0843. The molecule has 0 spiro atoms. The second kappa shape index (κ2) is 7.20. The molecule has 6 nitrogen and oxygen atoms in total. The number of carbonyl (C=O) groups excluding carboxylic acids is 2. The van der Waals surface area contributed by atoms with Crippen LogP contribution in [0, 0.1) is 0 Å². The molecule has 0 saturated carbocycles. The molecule has 0 aromatic heterocycles. The monoisotopic (exact) mass is 256 g/mol. The lowest BCUT2D eigenvalue weighted by atomic mass is 10.3. The topological polar surface area (TPSA) is 55.9 Å². The fraction of sp³-hybridized carbons (Fsp3) is 0.833. The third kappa shape index (κ3) is 4.91. The molecule has 3 amide bonds. The summed E-state index contributed by atoms with van der Waals surface area (Å²) in [4.78, 5) is 28.6. The Balaban J connectivity index is 2.18. The lowest BCUT2D eigenvalue weighted by molar-refractivity contribution is -0.130. The molecular formula is C12H24N4O2. The summed E-state index contributed by atoms with van der Waals surface area (Å²) in [5, 5.41) is 2.91.